The SMILES string of the molecule is CC(C)C.CC1CC1.COC.CS(C)(=O)=O. The van der Waals surface area contributed by atoms with Crippen LogP contribution in [0.2, 0.25) is 0 Å². The van der Waals surface area contributed by atoms with Gasteiger partial charge in [-0.05, 0) is 11.8 Å². The van der Waals surface area contributed by atoms with E-state index < -0.39 is 9.84 Å². The smallest absolute Gasteiger partial charge is 0.144 e. The second-order valence-corrected chi connectivity index (χ2v) is 7.25. The van der Waals surface area contributed by atoms with E-state index in [0.29, 0.717) is 0 Å². The van der Waals surface area contributed by atoms with Gasteiger partial charge in [0.05, 0.1) is 0 Å². The summed E-state index contributed by atoms with van der Waals surface area (Å²) in [5, 5.41) is 0. The molecule has 16 heavy (non-hydrogen) atoms. The first-order chi connectivity index (χ1) is 7.04. The standard InChI is InChI=1S/C4H8.C4H10.C2H6O2S.C2H6O/c1-4-2-3-4;1-4(2)3;1-5(2,3)4;1-3-2/h4H,2-3H2,1H3;4H,1-3H3;1-2H3;1-2H3. The van der Waals surface area contributed by atoms with Crippen molar-refractivity contribution in [2.45, 2.75) is 40.5 Å². The van der Waals surface area contributed by atoms with Gasteiger partial charge in [0, 0.05) is 26.7 Å². The predicted molar refractivity (Wildman–Crippen MR) is 72.6 cm³/mol. The minimum absolute atomic E-state index is 0.833. The van der Waals surface area contributed by atoms with E-state index >= 15 is 0 Å². The number of sulfone groups is 1. The summed E-state index contributed by atoms with van der Waals surface area (Å²) in [6, 6.07) is 0. The lowest BCUT2D eigenvalue weighted by Gasteiger charge is -1.79. The highest BCUT2D eigenvalue weighted by Gasteiger charge is 2.12. The van der Waals surface area contributed by atoms with Crippen LogP contribution in [0.25, 0.3) is 0 Å². The van der Waals surface area contributed by atoms with E-state index in [2.05, 4.69) is 32.4 Å². The summed E-state index contributed by atoms with van der Waals surface area (Å²) >= 11 is 0. The molecule has 4 heteroatoms. The van der Waals surface area contributed by atoms with Gasteiger partial charge in [0.2, 0.25) is 0 Å². The van der Waals surface area contributed by atoms with E-state index in [1.807, 2.05) is 0 Å². The van der Waals surface area contributed by atoms with Gasteiger partial charge in [-0.1, -0.05) is 40.5 Å². The Bertz CT molecular complexity index is 194. The lowest BCUT2D eigenvalue weighted by atomic mass is 10.3. The van der Waals surface area contributed by atoms with Crippen LogP contribution in [0.15, 0.2) is 0 Å². The molecule has 0 amide bonds. The molecule has 102 valence electrons. The van der Waals surface area contributed by atoms with Crippen LogP contribution < -0.4 is 0 Å². The molecule has 0 radical (unpaired) electrons. The second-order valence-electron chi connectivity index (χ2n) is 4.97. The monoisotopic (exact) mass is 254 g/mol. The summed E-state index contributed by atoms with van der Waals surface area (Å²) < 4.78 is 23.5. The lowest BCUT2D eigenvalue weighted by Crippen LogP contribution is -1.86. The molecule has 0 unspecified atom stereocenters. The Morgan fingerprint density at radius 2 is 1.12 bits per heavy atom. The van der Waals surface area contributed by atoms with Crippen LogP contribution >= 0.6 is 0 Å². The number of rotatable bonds is 0. The summed E-state index contributed by atoms with van der Waals surface area (Å²) in [7, 11) is 0.583. The zero-order valence-corrected chi connectivity index (χ0v) is 13.0. The Morgan fingerprint density at radius 3 is 1.12 bits per heavy atom. The fourth-order valence-electron chi connectivity index (χ4n) is 0.167. The highest BCUT2D eigenvalue weighted by Crippen LogP contribution is 2.26. The zero-order chi connectivity index (χ0) is 13.8. The van der Waals surface area contributed by atoms with Gasteiger partial charge in [-0.3, -0.25) is 0 Å². The molecule has 0 saturated heterocycles. The molecule has 0 N–H and O–H groups in total. The molecule has 0 bridgehead atoms. The van der Waals surface area contributed by atoms with Crippen LogP contribution in [0, 0.1) is 11.8 Å². The first kappa shape index (κ1) is 21.2. The number of ether oxygens (including phenoxy) is 1. The molecule has 1 rings (SSSR count). The molecule has 1 saturated carbocycles. The van der Waals surface area contributed by atoms with Crippen LogP contribution in [0.5, 0.6) is 0 Å². The maximum absolute atomic E-state index is 9.63. The van der Waals surface area contributed by atoms with Crippen molar-refractivity contribution in [3.8, 4) is 0 Å². The maximum atomic E-state index is 9.63. The van der Waals surface area contributed by atoms with Crippen LogP contribution in [0.3, 0.4) is 0 Å². The molecule has 3 nitrogen and oxygen atoms in total. The van der Waals surface area contributed by atoms with Crippen molar-refractivity contribution >= 4 is 9.84 Å². The molecular formula is C12H30O3S. The Labute approximate surface area is 103 Å². The fraction of sp³-hybridized carbons (Fsp3) is 1.00. The highest BCUT2D eigenvalue weighted by atomic mass is 32.2. The first-order valence-corrected chi connectivity index (χ1v) is 7.89. The van der Waals surface area contributed by atoms with Crippen LogP contribution in [-0.4, -0.2) is 35.1 Å². The van der Waals surface area contributed by atoms with Gasteiger partial charge in [-0.15, -0.1) is 0 Å². The molecule has 0 aliphatic heterocycles. The van der Waals surface area contributed by atoms with Gasteiger partial charge in [0.1, 0.15) is 9.84 Å². The molecule has 0 aromatic carbocycles. The summed E-state index contributed by atoms with van der Waals surface area (Å²) in [5.41, 5.74) is 0. The Hall–Kier alpha value is -0.0900. The molecule has 0 atom stereocenters. The lowest BCUT2D eigenvalue weighted by molar-refractivity contribution is 0.277. The van der Waals surface area contributed by atoms with Crippen LogP contribution in [-0.2, 0) is 14.6 Å². The normalized spacial score (nSPS) is 13.6. The largest absolute Gasteiger partial charge is 0.388 e. The van der Waals surface area contributed by atoms with Gasteiger partial charge >= 0.3 is 0 Å². The molecule has 0 spiro atoms. The number of hydrogen-bond donors (Lipinski definition) is 0. The Kier molecular flexibility index (Phi) is 17.2. The Balaban J connectivity index is -0.000000143. The third-order valence-corrected chi connectivity index (χ3v) is 0.866. The Morgan fingerprint density at radius 1 is 1.06 bits per heavy atom. The predicted octanol–water partition coefficient (Wildman–Crippen LogP) is 3.00. The van der Waals surface area contributed by atoms with E-state index in [9.17, 15) is 8.42 Å². The van der Waals surface area contributed by atoms with Crippen molar-refractivity contribution in [2.75, 3.05) is 26.7 Å². The van der Waals surface area contributed by atoms with Gasteiger partial charge in [0.25, 0.3) is 0 Å². The molecule has 1 aliphatic rings. The highest BCUT2D eigenvalue weighted by molar-refractivity contribution is 7.89. The van der Waals surface area contributed by atoms with Crippen LogP contribution in [0.1, 0.15) is 40.5 Å². The molecule has 0 heterocycles. The molecule has 1 aliphatic carbocycles. The van der Waals surface area contributed by atoms with Crippen molar-refractivity contribution in [2.24, 2.45) is 11.8 Å². The summed E-state index contributed by atoms with van der Waals surface area (Å²) in [5.74, 6) is 1.92. The third-order valence-electron chi connectivity index (χ3n) is 0.866. The third kappa shape index (κ3) is 274. The zero-order valence-electron chi connectivity index (χ0n) is 12.2. The molecular weight excluding hydrogens is 224 g/mol. The van der Waals surface area contributed by atoms with E-state index in [0.717, 1.165) is 24.3 Å². The second kappa shape index (κ2) is 13.0. The van der Waals surface area contributed by atoms with Gasteiger partial charge in [0.15, 0.2) is 0 Å². The van der Waals surface area contributed by atoms with Crippen LogP contribution in [0.4, 0.5) is 0 Å². The van der Waals surface area contributed by atoms with Gasteiger partial charge in [-0.2, -0.15) is 0 Å². The van der Waals surface area contributed by atoms with E-state index in [-0.39, 0.29) is 0 Å². The minimum atomic E-state index is -2.67. The van der Waals surface area contributed by atoms with Crippen molar-refractivity contribution in [1.82, 2.24) is 0 Å². The van der Waals surface area contributed by atoms with Gasteiger partial charge < -0.3 is 4.74 Å². The van der Waals surface area contributed by atoms with Crippen molar-refractivity contribution < 1.29 is 13.2 Å². The molecule has 0 aromatic heterocycles. The van der Waals surface area contributed by atoms with Crippen molar-refractivity contribution in [3.63, 3.8) is 0 Å². The molecule has 0 aromatic rings. The summed E-state index contributed by atoms with van der Waals surface area (Å²) in [6.07, 6.45) is 5.29. The topological polar surface area (TPSA) is 43.4 Å². The van der Waals surface area contributed by atoms with E-state index in [1.54, 1.807) is 14.2 Å². The van der Waals surface area contributed by atoms with Gasteiger partial charge in [-0.25, -0.2) is 8.42 Å². The summed E-state index contributed by atoms with van der Waals surface area (Å²) in [4.78, 5) is 0. The fourth-order valence-corrected chi connectivity index (χ4v) is 0.167. The summed E-state index contributed by atoms with van der Waals surface area (Å²) in [6.45, 7) is 8.78. The average Bonchev–Trinajstić information content (AvgIpc) is 2.67. The minimum Gasteiger partial charge on any atom is -0.388 e. The maximum Gasteiger partial charge on any atom is 0.144 e. The molecule has 1 fully saturated rings. The van der Waals surface area contributed by atoms with Crippen molar-refractivity contribution in [3.05, 3.63) is 0 Å². The average molecular weight is 254 g/mol. The van der Waals surface area contributed by atoms with E-state index in [1.165, 1.54) is 12.8 Å². The number of methoxy groups -OCH3 is 1. The quantitative estimate of drug-likeness (QED) is 0.667. The number of hydrogen-bond acceptors (Lipinski definition) is 3. The first-order valence-electron chi connectivity index (χ1n) is 5.59. The van der Waals surface area contributed by atoms with E-state index in [4.69, 9.17) is 0 Å². The van der Waals surface area contributed by atoms with Crippen molar-refractivity contribution in [1.29, 1.82) is 0 Å².